The van der Waals surface area contributed by atoms with Crippen molar-refractivity contribution in [2.24, 2.45) is 4.99 Å². The van der Waals surface area contributed by atoms with Gasteiger partial charge in [0.2, 0.25) is 0 Å². The molecule has 1 N–H and O–H groups in total. The van der Waals surface area contributed by atoms with Crippen molar-refractivity contribution in [2.45, 2.75) is 20.3 Å². The highest BCUT2D eigenvalue weighted by Gasteiger charge is 2.05. The maximum atomic E-state index is 5.44. The van der Waals surface area contributed by atoms with Crippen LogP contribution in [-0.4, -0.2) is 11.2 Å². The maximum Gasteiger partial charge on any atom is 0.0457 e. The fourth-order valence-electron chi connectivity index (χ4n) is 2.00. The van der Waals surface area contributed by atoms with Gasteiger partial charge >= 0.3 is 0 Å². The van der Waals surface area contributed by atoms with E-state index in [-0.39, 0.29) is 0 Å². The minimum Gasteiger partial charge on any atom is -0.361 e. The van der Waals surface area contributed by atoms with Crippen molar-refractivity contribution in [1.82, 2.24) is 4.98 Å². The van der Waals surface area contributed by atoms with Gasteiger partial charge in [-0.25, -0.2) is 0 Å². The molecule has 18 heavy (non-hydrogen) atoms. The van der Waals surface area contributed by atoms with Crippen LogP contribution in [-0.2, 0) is 6.42 Å². The third-order valence-electron chi connectivity index (χ3n) is 2.93. The van der Waals surface area contributed by atoms with Gasteiger partial charge in [-0.05, 0) is 37.6 Å². The van der Waals surface area contributed by atoms with Gasteiger partial charge < -0.3 is 4.98 Å². The number of aromatic nitrogens is 1. The van der Waals surface area contributed by atoms with E-state index >= 15 is 0 Å². The molecule has 2 heteroatoms. The van der Waals surface area contributed by atoms with Gasteiger partial charge in [0, 0.05) is 41.0 Å². The number of aromatic amines is 1. The molecule has 0 amide bonds. The first-order valence-corrected chi connectivity index (χ1v) is 5.99. The standard InChI is InChI=1S/C16H16N2/c1-4-12-7-8-16-15(9-12)13(11-18-16)10-14(5-2)17-6-3/h1,5-9,11,18H,10H2,2-3H3/b14-5-,17-6?. The zero-order valence-electron chi connectivity index (χ0n) is 10.7. The van der Waals surface area contributed by atoms with E-state index in [1.165, 1.54) is 10.9 Å². The molecule has 1 aromatic heterocycles. The minimum absolute atomic E-state index is 0.814. The van der Waals surface area contributed by atoms with Gasteiger partial charge in [0.25, 0.3) is 0 Å². The molecule has 0 aliphatic heterocycles. The van der Waals surface area contributed by atoms with Gasteiger partial charge in [0.05, 0.1) is 0 Å². The number of nitrogens with zero attached hydrogens (tertiary/aromatic N) is 1. The predicted octanol–water partition coefficient (Wildman–Crippen LogP) is 3.69. The number of aliphatic imine (C=N–C) groups is 1. The van der Waals surface area contributed by atoms with Gasteiger partial charge in [-0.3, -0.25) is 4.99 Å². The lowest BCUT2D eigenvalue weighted by Crippen LogP contribution is -1.87. The Morgan fingerprint density at radius 3 is 2.94 bits per heavy atom. The highest BCUT2D eigenvalue weighted by atomic mass is 14.7. The third-order valence-corrected chi connectivity index (χ3v) is 2.93. The first kappa shape index (κ1) is 12.2. The number of hydrogen-bond acceptors (Lipinski definition) is 1. The van der Waals surface area contributed by atoms with E-state index in [0.717, 1.165) is 23.2 Å². The van der Waals surface area contributed by atoms with Crippen LogP contribution in [0.5, 0.6) is 0 Å². The van der Waals surface area contributed by atoms with Crippen LogP contribution in [0.15, 0.2) is 41.2 Å². The van der Waals surface area contributed by atoms with Crippen molar-refractivity contribution in [3.63, 3.8) is 0 Å². The Hall–Kier alpha value is -2.27. The summed E-state index contributed by atoms with van der Waals surface area (Å²) < 4.78 is 0. The second-order valence-corrected chi connectivity index (χ2v) is 4.06. The normalized spacial score (nSPS) is 12.2. The van der Waals surface area contributed by atoms with Crippen LogP contribution in [0.2, 0.25) is 0 Å². The summed E-state index contributed by atoms with van der Waals surface area (Å²) in [6.45, 7) is 3.93. The quantitative estimate of drug-likeness (QED) is 0.622. The zero-order chi connectivity index (χ0) is 13.0. The number of H-pyrrole nitrogens is 1. The van der Waals surface area contributed by atoms with Crippen LogP contribution in [0.25, 0.3) is 10.9 Å². The summed E-state index contributed by atoms with van der Waals surface area (Å²) in [5.41, 5.74) is 4.30. The summed E-state index contributed by atoms with van der Waals surface area (Å²) in [5.74, 6) is 2.67. The van der Waals surface area contributed by atoms with Gasteiger partial charge in [0.15, 0.2) is 0 Å². The van der Waals surface area contributed by atoms with Crippen LogP contribution in [0.1, 0.15) is 25.0 Å². The number of rotatable bonds is 3. The molecular formula is C16H16N2. The Labute approximate surface area is 107 Å². The minimum atomic E-state index is 0.814. The largest absolute Gasteiger partial charge is 0.361 e. The first-order valence-electron chi connectivity index (χ1n) is 5.99. The van der Waals surface area contributed by atoms with Gasteiger partial charge in [-0.15, -0.1) is 6.42 Å². The summed E-state index contributed by atoms with van der Waals surface area (Å²) >= 11 is 0. The SMILES string of the molecule is C#Cc1ccc2[nH]cc(C/C(=C/C)N=CC)c2c1. The number of nitrogens with one attached hydrogen (secondary N) is 1. The second-order valence-electron chi connectivity index (χ2n) is 4.06. The Kier molecular flexibility index (Phi) is 3.64. The predicted molar refractivity (Wildman–Crippen MR) is 77.9 cm³/mol. The Morgan fingerprint density at radius 2 is 2.28 bits per heavy atom. The van der Waals surface area contributed by atoms with Crippen molar-refractivity contribution in [1.29, 1.82) is 0 Å². The molecular weight excluding hydrogens is 220 g/mol. The maximum absolute atomic E-state index is 5.44. The molecule has 0 radical (unpaired) electrons. The van der Waals surface area contributed by atoms with Gasteiger partial charge in [0.1, 0.15) is 0 Å². The van der Waals surface area contributed by atoms with Crippen molar-refractivity contribution in [3.05, 3.63) is 47.3 Å². The summed E-state index contributed by atoms with van der Waals surface area (Å²) in [4.78, 5) is 7.61. The summed E-state index contributed by atoms with van der Waals surface area (Å²) in [7, 11) is 0. The lowest BCUT2D eigenvalue weighted by molar-refractivity contribution is 1.11. The molecule has 0 fully saturated rings. The highest BCUT2D eigenvalue weighted by molar-refractivity contribution is 5.85. The number of terminal acetylenes is 1. The monoisotopic (exact) mass is 236 g/mol. The molecule has 0 saturated carbocycles. The Bertz CT molecular complexity index is 651. The van der Waals surface area contributed by atoms with Crippen molar-refractivity contribution in [2.75, 3.05) is 0 Å². The van der Waals surface area contributed by atoms with E-state index in [0.29, 0.717) is 0 Å². The van der Waals surface area contributed by atoms with Crippen LogP contribution >= 0.6 is 0 Å². The second kappa shape index (κ2) is 5.37. The summed E-state index contributed by atoms with van der Waals surface area (Å²) in [6, 6.07) is 6.01. The fraction of sp³-hybridized carbons (Fsp3) is 0.188. The lowest BCUT2D eigenvalue weighted by atomic mass is 10.1. The third kappa shape index (κ3) is 2.36. The summed E-state index contributed by atoms with van der Waals surface area (Å²) in [5, 5.41) is 1.18. The van der Waals surface area contributed by atoms with Crippen LogP contribution < -0.4 is 0 Å². The zero-order valence-corrected chi connectivity index (χ0v) is 10.7. The molecule has 0 aliphatic rings. The molecule has 0 spiro atoms. The molecule has 2 aromatic rings. The van der Waals surface area contributed by atoms with E-state index in [1.807, 2.05) is 50.5 Å². The molecule has 1 aromatic carbocycles. The lowest BCUT2D eigenvalue weighted by Gasteiger charge is -2.00. The molecule has 2 rings (SSSR count). The molecule has 0 saturated heterocycles. The van der Waals surface area contributed by atoms with Crippen molar-refractivity contribution in [3.8, 4) is 12.3 Å². The van der Waals surface area contributed by atoms with Gasteiger partial charge in [-0.1, -0.05) is 12.0 Å². The summed E-state index contributed by atoms with van der Waals surface area (Å²) in [6.07, 6.45) is 12.1. The Balaban J connectivity index is 2.43. The van der Waals surface area contributed by atoms with E-state index in [1.54, 1.807) is 0 Å². The molecule has 0 atom stereocenters. The number of fused-ring (bicyclic) bond motifs is 1. The molecule has 1 heterocycles. The molecule has 0 bridgehead atoms. The average molecular weight is 236 g/mol. The topological polar surface area (TPSA) is 28.1 Å². The van der Waals surface area contributed by atoms with E-state index in [4.69, 9.17) is 6.42 Å². The average Bonchev–Trinajstić information content (AvgIpc) is 2.80. The van der Waals surface area contributed by atoms with Crippen LogP contribution in [0.3, 0.4) is 0 Å². The number of hydrogen-bond donors (Lipinski definition) is 1. The Morgan fingerprint density at radius 1 is 1.44 bits per heavy atom. The van der Waals surface area contributed by atoms with E-state index < -0.39 is 0 Å². The van der Waals surface area contributed by atoms with Crippen molar-refractivity contribution >= 4 is 17.1 Å². The molecule has 0 unspecified atom stereocenters. The smallest absolute Gasteiger partial charge is 0.0457 e. The molecule has 2 nitrogen and oxygen atoms in total. The van der Waals surface area contributed by atoms with E-state index in [9.17, 15) is 0 Å². The highest BCUT2D eigenvalue weighted by Crippen LogP contribution is 2.22. The number of allylic oxidation sites excluding steroid dienone is 2. The first-order chi connectivity index (χ1) is 8.78. The number of benzene rings is 1. The molecule has 0 aliphatic carbocycles. The molecule has 90 valence electrons. The van der Waals surface area contributed by atoms with Crippen LogP contribution in [0, 0.1) is 12.3 Å². The fourth-order valence-corrected chi connectivity index (χ4v) is 2.00. The van der Waals surface area contributed by atoms with E-state index in [2.05, 4.69) is 15.9 Å². The van der Waals surface area contributed by atoms with Gasteiger partial charge in [-0.2, -0.15) is 0 Å². The van der Waals surface area contributed by atoms with Crippen molar-refractivity contribution < 1.29 is 0 Å². The van der Waals surface area contributed by atoms with Crippen LogP contribution in [0.4, 0.5) is 0 Å².